The summed E-state index contributed by atoms with van der Waals surface area (Å²) in [4.78, 5) is 22.8. The molecule has 3 amide bonds. The molecule has 0 spiro atoms. The van der Waals surface area contributed by atoms with Crippen LogP contribution in [-0.2, 0) is 4.79 Å². The molecule has 0 saturated heterocycles. The number of benzene rings is 2. The van der Waals surface area contributed by atoms with Crippen LogP contribution in [0.2, 0.25) is 10.0 Å². The molecule has 23 heavy (non-hydrogen) atoms. The molecule has 2 aromatic carbocycles. The van der Waals surface area contributed by atoms with Gasteiger partial charge in [-0.05, 0) is 36.4 Å². The van der Waals surface area contributed by atoms with Gasteiger partial charge in [0.05, 0.1) is 0 Å². The highest BCUT2D eigenvalue weighted by molar-refractivity contribution is 6.37. The number of urea groups is 1. The standard InChI is InChI=1S/C16H13Cl2N3O2/c17-13-5-2-6-14(18)12(13)7-8-15(22)20-10-3-1-4-11(9-10)21-16(19)23/h1-9H,(H,20,22)(H3,19,21,23)/b8-7+. The van der Waals surface area contributed by atoms with Gasteiger partial charge in [0.15, 0.2) is 0 Å². The number of rotatable bonds is 4. The Balaban J connectivity index is 2.08. The number of amides is 3. The molecule has 0 bridgehead atoms. The van der Waals surface area contributed by atoms with E-state index in [-0.39, 0.29) is 5.91 Å². The van der Waals surface area contributed by atoms with Crippen LogP contribution in [-0.4, -0.2) is 11.9 Å². The molecule has 0 heterocycles. The Morgan fingerprint density at radius 3 is 2.13 bits per heavy atom. The minimum atomic E-state index is -0.679. The van der Waals surface area contributed by atoms with Gasteiger partial charge in [-0.15, -0.1) is 0 Å². The number of carbonyl (C=O) groups is 2. The highest BCUT2D eigenvalue weighted by Crippen LogP contribution is 2.25. The van der Waals surface area contributed by atoms with Crippen molar-refractivity contribution in [3.05, 3.63) is 64.1 Å². The SMILES string of the molecule is NC(=O)Nc1cccc(NC(=O)/C=C/c2c(Cl)cccc2Cl)c1. The van der Waals surface area contributed by atoms with Crippen LogP contribution in [0.5, 0.6) is 0 Å². The van der Waals surface area contributed by atoms with E-state index in [1.54, 1.807) is 42.5 Å². The predicted molar refractivity (Wildman–Crippen MR) is 93.8 cm³/mol. The Morgan fingerprint density at radius 2 is 1.52 bits per heavy atom. The average Bonchev–Trinajstić information content (AvgIpc) is 2.46. The van der Waals surface area contributed by atoms with Crippen molar-refractivity contribution in [1.29, 1.82) is 0 Å². The van der Waals surface area contributed by atoms with Gasteiger partial charge in [0.1, 0.15) is 0 Å². The molecule has 5 nitrogen and oxygen atoms in total. The van der Waals surface area contributed by atoms with Crippen LogP contribution in [0.4, 0.5) is 16.2 Å². The molecule has 2 rings (SSSR count). The first kappa shape index (κ1) is 16.9. The molecule has 0 aliphatic carbocycles. The van der Waals surface area contributed by atoms with Crippen LogP contribution < -0.4 is 16.4 Å². The molecular weight excluding hydrogens is 337 g/mol. The van der Waals surface area contributed by atoms with E-state index in [1.807, 2.05) is 0 Å². The maximum Gasteiger partial charge on any atom is 0.316 e. The number of hydrogen-bond acceptors (Lipinski definition) is 2. The molecule has 0 aliphatic heterocycles. The zero-order valence-electron chi connectivity index (χ0n) is 11.8. The van der Waals surface area contributed by atoms with Crippen LogP contribution in [0, 0.1) is 0 Å². The Hall–Kier alpha value is -2.50. The van der Waals surface area contributed by atoms with E-state index in [1.165, 1.54) is 12.2 Å². The van der Waals surface area contributed by atoms with Gasteiger partial charge in [-0.1, -0.05) is 35.3 Å². The lowest BCUT2D eigenvalue weighted by Gasteiger charge is -2.06. The Morgan fingerprint density at radius 1 is 0.957 bits per heavy atom. The summed E-state index contributed by atoms with van der Waals surface area (Å²) in [5.74, 6) is -0.364. The van der Waals surface area contributed by atoms with Crippen molar-refractivity contribution in [1.82, 2.24) is 0 Å². The predicted octanol–water partition coefficient (Wildman–Crippen LogP) is 4.14. The highest BCUT2D eigenvalue weighted by atomic mass is 35.5. The largest absolute Gasteiger partial charge is 0.351 e. The van der Waals surface area contributed by atoms with Crippen LogP contribution in [0.25, 0.3) is 6.08 Å². The van der Waals surface area contributed by atoms with Gasteiger partial charge >= 0.3 is 6.03 Å². The lowest BCUT2D eigenvalue weighted by Crippen LogP contribution is -2.19. The molecule has 0 fully saturated rings. The van der Waals surface area contributed by atoms with Crippen molar-refractivity contribution in [2.75, 3.05) is 10.6 Å². The van der Waals surface area contributed by atoms with Gasteiger partial charge in [0, 0.05) is 33.1 Å². The fraction of sp³-hybridized carbons (Fsp3) is 0. The zero-order valence-corrected chi connectivity index (χ0v) is 13.4. The summed E-state index contributed by atoms with van der Waals surface area (Å²) >= 11 is 12.0. The summed E-state index contributed by atoms with van der Waals surface area (Å²) in [7, 11) is 0. The Labute approximate surface area is 143 Å². The number of hydrogen-bond donors (Lipinski definition) is 3. The Kier molecular flexibility index (Phi) is 5.62. The van der Waals surface area contributed by atoms with Gasteiger partial charge in [0.2, 0.25) is 5.91 Å². The van der Waals surface area contributed by atoms with Crippen LogP contribution in [0.15, 0.2) is 48.5 Å². The summed E-state index contributed by atoms with van der Waals surface area (Å²) in [5, 5.41) is 5.99. The van der Waals surface area contributed by atoms with Crippen molar-refractivity contribution < 1.29 is 9.59 Å². The average molecular weight is 350 g/mol. The first-order valence-electron chi connectivity index (χ1n) is 6.55. The molecular formula is C16H13Cl2N3O2. The number of anilines is 2. The third-order valence-electron chi connectivity index (χ3n) is 2.80. The summed E-state index contributed by atoms with van der Waals surface area (Å²) in [6.07, 6.45) is 2.85. The van der Waals surface area contributed by atoms with Gasteiger partial charge in [-0.2, -0.15) is 0 Å². The fourth-order valence-electron chi connectivity index (χ4n) is 1.83. The van der Waals surface area contributed by atoms with E-state index in [9.17, 15) is 9.59 Å². The first-order chi connectivity index (χ1) is 11.0. The molecule has 4 N–H and O–H groups in total. The van der Waals surface area contributed by atoms with E-state index >= 15 is 0 Å². The number of primary amides is 1. The fourth-order valence-corrected chi connectivity index (χ4v) is 2.35. The topological polar surface area (TPSA) is 84.2 Å². The van der Waals surface area contributed by atoms with Gasteiger partial charge in [-0.3, -0.25) is 4.79 Å². The van der Waals surface area contributed by atoms with Crippen LogP contribution in [0.3, 0.4) is 0 Å². The number of halogens is 2. The summed E-state index contributed by atoms with van der Waals surface area (Å²) in [6, 6.07) is 11.0. The minimum absolute atomic E-state index is 0.364. The molecule has 0 radical (unpaired) electrons. The van der Waals surface area contributed by atoms with Crippen LogP contribution in [0.1, 0.15) is 5.56 Å². The molecule has 0 atom stereocenters. The number of carbonyl (C=O) groups excluding carboxylic acids is 2. The normalized spacial score (nSPS) is 10.5. The molecule has 118 valence electrons. The molecule has 2 aromatic rings. The van der Waals surface area contributed by atoms with Gasteiger partial charge in [-0.25, -0.2) is 4.79 Å². The minimum Gasteiger partial charge on any atom is -0.351 e. The second-order valence-corrected chi connectivity index (χ2v) is 5.34. The lowest BCUT2D eigenvalue weighted by atomic mass is 10.2. The van der Waals surface area contributed by atoms with Gasteiger partial charge < -0.3 is 16.4 Å². The molecule has 0 aliphatic rings. The van der Waals surface area contributed by atoms with Crippen molar-refractivity contribution in [3.8, 4) is 0 Å². The summed E-state index contributed by atoms with van der Waals surface area (Å²) in [5.41, 5.74) is 6.60. The maximum absolute atomic E-state index is 11.9. The molecule has 0 unspecified atom stereocenters. The monoisotopic (exact) mass is 349 g/mol. The van der Waals surface area contributed by atoms with Crippen LogP contribution >= 0.6 is 23.2 Å². The zero-order chi connectivity index (χ0) is 16.8. The lowest BCUT2D eigenvalue weighted by molar-refractivity contribution is -0.111. The van der Waals surface area contributed by atoms with E-state index in [4.69, 9.17) is 28.9 Å². The Bertz CT molecular complexity index is 755. The quantitative estimate of drug-likeness (QED) is 0.724. The smallest absolute Gasteiger partial charge is 0.316 e. The summed E-state index contributed by atoms with van der Waals surface area (Å²) < 4.78 is 0. The van der Waals surface area contributed by atoms with E-state index in [0.717, 1.165) is 0 Å². The van der Waals surface area contributed by atoms with Gasteiger partial charge in [0.25, 0.3) is 0 Å². The molecule has 0 saturated carbocycles. The number of nitrogens with one attached hydrogen (secondary N) is 2. The maximum atomic E-state index is 11.9. The molecule has 7 heteroatoms. The van der Waals surface area contributed by atoms with E-state index in [2.05, 4.69) is 10.6 Å². The van der Waals surface area contributed by atoms with Crippen molar-refractivity contribution in [2.24, 2.45) is 5.73 Å². The molecule has 0 aromatic heterocycles. The number of nitrogens with two attached hydrogens (primary N) is 1. The van der Waals surface area contributed by atoms with Crippen molar-refractivity contribution in [2.45, 2.75) is 0 Å². The second kappa shape index (κ2) is 7.67. The summed E-state index contributed by atoms with van der Waals surface area (Å²) in [6.45, 7) is 0. The van der Waals surface area contributed by atoms with E-state index in [0.29, 0.717) is 27.0 Å². The first-order valence-corrected chi connectivity index (χ1v) is 7.31. The van der Waals surface area contributed by atoms with Crippen molar-refractivity contribution >= 4 is 52.6 Å². The van der Waals surface area contributed by atoms with E-state index < -0.39 is 6.03 Å². The van der Waals surface area contributed by atoms with Crippen molar-refractivity contribution in [3.63, 3.8) is 0 Å². The second-order valence-electron chi connectivity index (χ2n) is 4.53. The third kappa shape index (κ3) is 5.02. The third-order valence-corrected chi connectivity index (χ3v) is 3.46. The highest BCUT2D eigenvalue weighted by Gasteiger charge is 2.04.